The minimum Gasteiger partial charge on any atom is -0.449 e. The fourth-order valence-electron chi connectivity index (χ4n) is 2.15. The smallest absolute Gasteiger partial charge is 0.338 e. The molecule has 1 atom stereocenters. The van der Waals surface area contributed by atoms with Crippen LogP contribution in [-0.2, 0) is 19.6 Å². The van der Waals surface area contributed by atoms with Gasteiger partial charge in [0.1, 0.15) is 0 Å². The number of nitriles is 1. The molecule has 0 saturated carbocycles. The highest BCUT2D eigenvalue weighted by Crippen LogP contribution is 2.16. The molecule has 0 aliphatic heterocycles. The number of rotatable bonds is 6. The lowest BCUT2D eigenvalue weighted by Crippen LogP contribution is -2.30. The monoisotopic (exact) mass is 401 g/mol. The molecule has 0 fully saturated rings. The Labute approximate surface area is 163 Å². The molecule has 0 unspecified atom stereocenters. The largest absolute Gasteiger partial charge is 0.449 e. The number of hydrogen-bond donors (Lipinski definition) is 1. The van der Waals surface area contributed by atoms with Crippen LogP contribution in [0.2, 0.25) is 0 Å². The average Bonchev–Trinajstić information content (AvgIpc) is 2.68. The average molecular weight is 401 g/mol. The maximum atomic E-state index is 12.3. The summed E-state index contributed by atoms with van der Waals surface area (Å²) in [5, 5.41) is 11.3. The summed E-state index contributed by atoms with van der Waals surface area (Å²) >= 11 is 0. The molecular weight excluding hydrogens is 382 g/mol. The molecule has 0 heterocycles. The molecule has 0 spiro atoms. The summed E-state index contributed by atoms with van der Waals surface area (Å²) in [4.78, 5) is 24.4. The zero-order valence-corrected chi connectivity index (χ0v) is 16.4. The fourth-order valence-corrected chi connectivity index (χ4v) is 3.10. The van der Waals surface area contributed by atoms with Crippen LogP contribution in [0.5, 0.6) is 0 Å². The first-order valence-corrected chi connectivity index (χ1v) is 9.63. The molecule has 146 valence electrons. The van der Waals surface area contributed by atoms with Crippen molar-refractivity contribution in [3.8, 4) is 6.07 Å². The lowest BCUT2D eigenvalue weighted by atomic mass is 10.2. The molecule has 1 N–H and O–H groups in total. The predicted molar refractivity (Wildman–Crippen MR) is 102 cm³/mol. The van der Waals surface area contributed by atoms with Crippen molar-refractivity contribution in [1.82, 2.24) is 4.31 Å². The molecule has 0 saturated heterocycles. The van der Waals surface area contributed by atoms with Crippen LogP contribution in [0, 0.1) is 11.3 Å². The van der Waals surface area contributed by atoms with Gasteiger partial charge in [0.15, 0.2) is 6.10 Å². The zero-order chi connectivity index (χ0) is 20.9. The maximum absolute atomic E-state index is 12.3. The highest BCUT2D eigenvalue weighted by Gasteiger charge is 2.22. The van der Waals surface area contributed by atoms with E-state index in [1.165, 1.54) is 45.3 Å². The van der Waals surface area contributed by atoms with E-state index >= 15 is 0 Å². The van der Waals surface area contributed by atoms with Gasteiger partial charge >= 0.3 is 5.97 Å². The van der Waals surface area contributed by atoms with Crippen molar-refractivity contribution in [2.45, 2.75) is 17.9 Å². The fraction of sp³-hybridized carbons (Fsp3) is 0.211. The number of sulfonamides is 1. The van der Waals surface area contributed by atoms with Crippen LogP contribution in [0.4, 0.5) is 5.69 Å². The Hall–Kier alpha value is -3.22. The second-order valence-electron chi connectivity index (χ2n) is 6.04. The second-order valence-corrected chi connectivity index (χ2v) is 8.19. The van der Waals surface area contributed by atoms with Gasteiger partial charge in [-0.1, -0.05) is 6.07 Å². The Morgan fingerprint density at radius 2 is 1.79 bits per heavy atom. The summed E-state index contributed by atoms with van der Waals surface area (Å²) in [6.07, 6.45) is -1.11. The van der Waals surface area contributed by atoms with Crippen LogP contribution >= 0.6 is 0 Å². The summed E-state index contributed by atoms with van der Waals surface area (Å²) in [7, 11) is -0.931. The van der Waals surface area contributed by atoms with E-state index in [-0.39, 0.29) is 10.5 Å². The predicted octanol–water partition coefficient (Wildman–Crippen LogP) is 1.99. The zero-order valence-electron chi connectivity index (χ0n) is 15.5. The minimum absolute atomic E-state index is 0.0148. The number of amides is 1. The van der Waals surface area contributed by atoms with E-state index < -0.39 is 28.0 Å². The number of benzene rings is 2. The molecule has 2 aromatic carbocycles. The minimum atomic E-state index is -3.70. The van der Waals surface area contributed by atoms with Crippen molar-refractivity contribution < 1.29 is 22.7 Å². The van der Waals surface area contributed by atoms with E-state index in [1.807, 2.05) is 6.07 Å². The number of nitrogens with one attached hydrogen (secondary N) is 1. The molecule has 2 aromatic rings. The number of carbonyl (C=O) groups excluding carboxylic acids is 2. The number of esters is 1. The van der Waals surface area contributed by atoms with Crippen molar-refractivity contribution in [1.29, 1.82) is 5.26 Å². The van der Waals surface area contributed by atoms with Gasteiger partial charge in [0.05, 0.1) is 22.1 Å². The third kappa shape index (κ3) is 4.94. The number of hydrogen-bond acceptors (Lipinski definition) is 6. The van der Waals surface area contributed by atoms with E-state index in [1.54, 1.807) is 24.3 Å². The van der Waals surface area contributed by atoms with Crippen LogP contribution in [-0.4, -0.2) is 44.8 Å². The highest BCUT2D eigenvalue weighted by molar-refractivity contribution is 7.89. The molecule has 8 nitrogen and oxygen atoms in total. The molecule has 1 amide bonds. The van der Waals surface area contributed by atoms with Gasteiger partial charge in [0.25, 0.3) is 5.91 Å². The summed E-state index contributed by atoms with van der Waals surface area (Å²) in [5.74, 6) is -1.38. The Balaban J connectivity index is 2.07. The SMILES string of the molecule is C[C@H](OC(=O)c1cccc(S(=O)(=O)N(C)C)c1)C(=O)Nc1ccc(C#N)cc1. The molecule has 0 aromatic heterocycles. The van der Waals surface area contributed by atoms with Crippen molar-refractivity contribution >= 4 is 27.6 Å². The summed E-state index contributed by atoms with van der Waals surface area (Å²) in [5.41, 5.74) is 0.914. The van der Waals surface area contributed by atoms with Crippen molar-refractivity contribution in [2.24, 2.45) is 0 Å². The number of nitrogens with zero attached hydrogens (tertiary/aromatic N) is 2. The third-order valence-corrected chi connectivity index (χ3v) is 5.59. The van der Waals surface area contributed by atoms with Gasteiger partial charge in [0.2, 0.25) is 10.0 Å². The highest BCUT2D eigenvalue weighted by atomic mass is 32.2. The van der Waals surface area contributed by atoms with Crippen LogP contribution < -0.4 is 5.32 Å². The van der Waals surface area contributed by atoms with Gasteiger partial charge in [-0.05, 0) is 49.4 Å². The number of anilines is 1. The summed E-state index contributed by atoms with van der Waals surface area (Å²) in [6, 6.07) is 13.6. The van der Waals surface area contributed by atoms with Gasteiger partial charge in [-0.3, -0.25) is 4.79 Å². The van der Waals surface area contributed by atoms with Gasteiger partial charge < -0.3 is 10.1 Å². The number of carbonyl (C=O) groups is 2. The normalized spacial score (nSPS) is 12.1. The van der Waals surface area contributed by atoms with Gasteiger partial charge in [-0.25, -0.2) is 17.5 Å². The van der Waals surface area contributed by atoms with Crippen LogP contribution in [0.25, 0.3) is 0 Å². The molecule has 2 rings (SSSR count). The molecule has 0 bridgehead atoms. The lowest BCUT2D eigenvalue weighted by molar-refractivity contribution is -0.123. The lowest BCUT2D eigenvalue weighted by Gasteiger charge is -2.15. The van der Waals surface area contributed by atoms with Gasteiger partial charge in [-0.15, -0.1) is 0 Å². The van der Waals surface area contributed by atoms with E-state index in [2.05, 4.69) is 5.32 Å². The molecule has 0 aliphatic rings. The maximum Gasteiger partial charge on any atom is 0.338 e. The quantitative estimate of drug-likeness (QED) is 0.740. The molecule has 0 radical (unpaired) electrons. The van der Waals surface area contributed by atoms with Gasteiger partial charge in [-0.2, -0.15) is 5.26 Å². The Bertz CT molecular complexity index is 1020. The summed E-state index contributed by atoms with van der Waals surface area (Å²) < 4.78 is 30.5. The van der Waals surface area contributed by atoms with Crippen molar-refractivity contribution in [3.05, 3.63) is 59.7 Å². The first-order chi connectivity index (χ1) is 13.1. The standard InChI is InChI=1S/C19H19N3O5S/c1-13(18(23)21-16-9-7-14(12-20)8-10-16)27-19(24)15-5-4-6-17(11-15)28(25,26)22(2)3/h4-11,13H,1-3H3,(H,21,23)/t13-/m0/s1. The van der Waals surface area contributed by atoms with Crippen LogP contribution in [0.15, 0.2) is 53.4 Å². The van der Waals surface area contributed by atoms with Crippen molar-refractivity contribution in [2.75, 3.05) is 19.4 Å². The van der Waals surface area contributed by atoms with Crippen LogP contribution in [0.1, 0.15) is 22.8 Å². The first kappa shape index (κ1) is 21.1. The van der Waals surface area contributed by atoms with E-state index in [0.717, 1.165) is 4.31 Å². The Morgan fingerprint density at radius 3 is 2.36 bits per heavy atom. The van der Waals surface area contributed by atoms with Crippen molar-refractivity contribution in [3.63, 3.8) is 0 Å². The molecule has 0 aliphatic carbocycles. The van der Waals surface area contributed by atoms with E-state index in [4.69, 9.17) is 10.00 Å². The Kier molecular flexibility index (Phi) is 6.51. The number of ether oxygens (including phenoxy) is 1. The first-order valence-electron chi connectivity index (χ1n) is 8.19. The van der Waals surface area contributed by atoms with E-state index in [9.17, 15) is 18.0 Å². The molecule has 28 heavy (non-hydrogen) atoms. The molecule has 9 heteroatoms. The summed E-state index contributed by atoms with van der Waals surface area (Å²) in [6.45, 7) is 1.40. The third-order valence-electron chi connectivity index (χ3n) is 3.78. The van der Waals surface area contributed by atoms with E-state index in [0.29, 0.717) is 11.3 Å². The topological polar surface area (TPSA) is 117 Å². The Morgan fingerprint density at radius 1 is 1.14 bits per heavy atom. The van der Waals surface area contributed by atoms with Gasteiger partial charge in [0, 0.05) is 19.8 Å². The molecular formula is C19H19N3O5S. The van der Waals surface area contributed by atoms with Crippen LogP contribution in [0.3, 0.4) is 0 Å². The second kappa shape index (κ2) is 8.65.